The monoisotopic (exact) mass is 373 g/mol. The SMILES string of the molecule is CSc1ccc(C)c(C(=O)N2CCC(C(=O)Nc3cc(C)on3)CC2)c1. The third-order valence-corrected chi connectivity index (χ3v) is 5.43. The van der Waals surface area contributed by atoms with E-state index in [1.165, 1.54) is 0 Å². The average molecular weight is 373 g/mol. The molecule has 1 aromatic carbocycles. The van der Waals surface area contributed by atoms with Gasteiger partial charge in [-0.3, -0.25) is 9.59 Å². The number of hydrogen-bond donors (Lipinski definition) is 1. The first-order valence-electron chi connectivity index (χ1n) is 8.66. The molecule has 2 aromatic rings. The molecule has 0 atom stereocenters. The summed E-state index contributed by atoms with van der Waals surface area (Å²) in [7, 11) is 0. The van der Waals surface area contributed by atoms with E-state index in [-0.39, 0.29) is 17.7 Å². The van der Waals surface area contributed by atoms with Crippen molar-refractivity contribution in [2.45, 2.75) is 31.6 Å². The molecule has 0 unspecified atom stereocenters. The summed E-state index contributed by atoms with van der Waals surface area (Å²) in [5.41, 5.74) is 1.73. The third kappa shape index (κ3) is 4.09. The number of aromatic nitrogens is 1. The molecule has 6 nitrogen and oxygen atoms in total. The number of carbonyl (C=O) groups is 2. The van der Waals surface area contributed by atoms with Gasteiger partial charge in [-0.2, -0.15) is 0 Å². The topological polar surface area (TPSA) is 75.4 Å². The van der Waals surface area contributed by atoms with Crippen LogP contribution in [-0.2, 0) is 4.79 Å². The lowest BCUT2D eigenvalue weighted by molar-refractivity contribution is -0.121. The molecule has 0 bridgehead atoms. The number of likely N-dealkylation sites (tertiary alicyclic amines) is 1. The van der Waals surface area contributed by atoms with Gasteiger partial charge in [0.2, 0.25) is 5.91 Å². The summed E-state index contributed by atoms with van der Waals surface area (Å²) in [5.74, 6) is 0.962. The molecule has 26 heavy (non-hydrogen) atoms. The largest absolute Gasteiger partial charge is 0.360 e. The van der Waals surface area contributed by atoms with Crippen molar-refractivity contribution in [2.75, 3.05) is 24.7 Å². The molecule has 7 heteroatoms. The summed E-state index contributed by atoms with van der Waals surface area (Å²) in [5, 5.41) is 6.57. The van der Waals surface area contributed by atoms with Gasteiger partial charge in [0.15, 0.2) is 5.82 Å². The Balaban J connectivity index is 1.59. The third-order valence-electron chi connectivity index (χ3n) is 4.71. The summed E-state index contributed by atoms with van der Waals surface area (Å²) in [4.78, 5) is 28.1. The van der Waals surface area contributed by atoms with Crippen LogP contribution in [0.1, 0.15) is 34.5 Å². The minimum Gasteiger partial charge on any atom is -0.360 e. The lowest BCUT2D eigenvalue weighted by atomic mass is 9.95. The number of nitrogens with one attached hydrogen (secondary N) is 1. The number of thioether (sulfide) groups is 1. The Hall–Kier alpha value is -2.28. The van der Waals surface area contributed by atoms with Gasteiger partial charge in [0, 0.05) is 35.5 Å². The second-order valence-corrected chi connectivity index (χ2v) is 7.44. The lowest BCUT2D eigenvalue weighted by Crippen LogP contribution is -2.41. The van der Waals surface area contributed by atoms with Crippen LogP contribution in [0.4, 0.5) is 5.82 Å². The lowest BCUT2D eigenvalue weighted by Gasteiger charge is -2.31. The summed E-state index contributed by atoms with van der Waals surface area (Å²) in [6.45, 7) is 4.90. The summed E-state index contributed by atoms with van der Waals surface area (Å²) in [6, 6.07) is 7.66. The van der Waals surface area contributed by atoms with Gasteiger partial charge in [-0.05, 0) is 50.6 Å². The average Bonchev–Trinajstić information content (AvgIpc) is 3.06. The minimum absolute atomic E-state index is 0.0457. The van der Waals surface area contributed by atoms with Gasteiger partial charge in [0.05, 0.1) is 0 Å². The summed E-state index contributed by atoms with van der Waals surface area (Å²) < 4.78 is 4.96. The zero-order valence-corrected chi connectivity index (χ0v) is 16.1. The molecule has 1 aromatic heterocycles. The van der Waals surface area contributed by atoms with Crippen LogP contribution in [0.5, 0.6) is 0 Å². The molecule has 1 aliphatic heterocycles. The van der Waals surface area contributed by atoms with Crippen molar-refractivity contribution in [3.05, 3.63) is 41.2 Å². The predicted octanol–water partition coefficient (Wildman–Crippen LogP) is 3.50. The maximum Gasteiger partial charge on any atom is 0.254 e. The zero-order chi connectivity index (χ0) is 18.7. The normalized spacial score (nSPS) is 15.1. The van der Waals surface area contributed by atoms with Gasteiger partial charge in [0.25, 0.3) is 5.91 Å². The second-order valence-electron chi connectivity index (χ2n) is 6.56. The van der Waals surface area contributed by atoms with Crippen molar-refractivity contribution < 1.29 is 14.1 Å². The number of amides is 2. The molecular formula is C19H23N3O3S. The fourth-order valence-corrected chi connectivity index (χ4v) is 3.57. The van der Waals surface area contributed by atoms with Gasteiger partial charge in [-0.25, -0.2) is 0 Å². The highest BCUT2D eigenvalue weighted by atomic mass is 32.2. The Morgan fingerprint density at radius 3 is 2.58 bits per heavy atom. The molecule has 0 spiro atoms. The van der Waals surface area contributed by atoms with Crippen molar-refractivity contribution in [3.8, 4) is 0 Å². The Kier molecular flexibility index (Phi) is 5.66. The number of carbonyl (C=O) groups excluding carboxylic acids is 2. The maximum absolute atomic E-state index is 12.9. The Bertz CT molecular complexity index is 810. The number of piperidine rings is 1. The van der Waals surface area contributed by atoms with E-state index in [0.29, 0.717) is 37.5 Å². The molecule has 1 aliphatic rings. The molecule has 2 amide bonds. The molecule has 0 saturated carbocycles. The molecule has 1 fully saturated rings. The molecule has 0 aliphatic carbocycles. The van der Waals surface area contributed by atoms with E-state index in [1.54, 1.807) is 24.8 Å². The van der Waals surface area contributed by atoms with Crippen LogP contribution in [0.15, 0.2) is 33.7 Å². The van der Waals surface area contributed by atoms with E-state index in [2.05, 4.69) is 10.5 Å². The highest BCUT2D eigenvalue weighted by Crippen LogP contribution is 2.24. The summed E-state index contributed by atoms with van der Waals surface area (Å²) >= 11 is 1.63. The predicted molar refractivity (Wildman–Crippen MR) is 101 cm³/mol. The number of nitrogens with zero attached hydrogens (tertiary/aromatic N) is 2. The van der Waals surface area contributed by atoms with Gasteiger partial charge in [0.1, 0.15) is 5.76 Å². The second kappa shape index (κ2) is 7.95. The van der Waals surface area contributed by atoms with Crippen LogP contribution in [0.3, 0.4) is 0 Å². The van der Waals surface area contributed by atoms with Gasteiger partial charge in [-0.15, -0.1) is 11.8 Å². The van der Waals surface area contributed by atoms with Crippen LogP contribution in [-0.4, -0.2) is 41.2 Å². The van der Waals surface area contributed by atoms with E-state index < -0.39 is 0 Å². The number of hydrogen-bond acceptors (Lipinski definition) is 5. The van der Waals surface area contributed by atoms with Gasteiger partial charge in [-0.1, -0.05) is 11.2 Å². The van der Waals surface area contributed by atoms with Gasteiger partial charge >= 0.3 is 0 Å². The molecule has 1 N–H and O–H groups in total. The molecule has 3 rings (SSSR count). The number of aryl methyl sites for hydroxylation is 2. The van der Waals surface area contributed by atoms with E-state index >= 15 is 0 Å². The Labute approximate surface area is 157 Å². The van der Waals surface area contributed by atoms with E-state index in [9.17, 15) is 9.59 Å². The molecular weight excluding hydrogens is 350 g/mol. The molecule has 2 heterocycles. The molecule has 1 saturated heterocycles. The molecule has 0 radical (unpaired) electrons. The van der Waals surface area contributed by atoms with E-state index in [1.807, 2.05) is 36.3 Å². The summed E-state index contributed by atoms with van der Waals surface area (Å²) in [6.07, 6.45) is 3.30. The highest BCUT2D eigenvalue weighted by molar-refractivity contribution is 7.98. The first-order valence-corrected chi connectivity index (χ1v) is 9.88. The van der Waals surface area contributed by atoms with Crippen LogP contribution < -0.4 is 5.32 Å². The van der Waals surface area contributed by atoms with E-state index in [0.717, 1.165) is 16.0 Å². The maximum atomic E-state index is 12.9. The number of benzene rings is 1. The van der Waals surface area contributed by atoms with Crippen molar-refractivity contribution in [1.29, 1.82) is 0 Å². The van der Waals surface area contributed by atoms with Crippen LogP contribution in [0.2, 0.25) is 0 Å². The van der Waals surface area contributed by atoms with Crippen molar-refractivity contribution in [1.82, 2.24) is 10.1 Å². The van der Waals surface area contributed by atoms with Crippen molar-refractivity contribution in [2.24, 2.45) is 5.92 Å². The Morgan fingerprint density at radius 1 is 1.23 bits per heavy atom. The van der Waals surface area contributed by atoms with Gasteiger partial charge < -0.3 is 14.7 Å². The number of anilines is 1. The minimum atomic E-state index is -0.116. The fourth-order valence-electron chi connectivity index (χ4n) is 3.13. The quantitative estimate of drug-likeness (QED) is 0.830. The van der Waals surface area contributed by atoms with Crippen molar-refractivity contribution in [3.63, 3.8) is 0 Å². The highest BCUT2D eigenvalue weighted by Gasteiger charge is 2.28. The van der Waals surface area contributed by atoms with E-state index in [4.69, 9.17) is 4.52 Å². The first-order chi connectivity index (χ1) is 12.5. The fraction of sp³-hybridized carbons (Fsp3) is 0.421. The molecule has 138 valence electrons. The van der Waals surface area contributed by atoms with Crippen LogP contribution >= 0.6 is 11.8 Å². The first kappa shape index (κ1) is 18.5. The smallest absolute Gasteiger partial charge is 0.254 e. The standard InChI is InChI=1S/C19H23N3O3S/c1-12-4-5-15(26-3)11-16(12)19(24)22-8-6-14(7-9-22)18(23)20-17-10-13(2)25-21-17/h4-5,10-11,14H,6-9H2,1-3H3,(H,20,21,23). The van der Waals surface area contributed by atoms with Crippen molar-refractivity contribution >= 4 is 29.4 Å². The zero-order valence-electron chi connectivity index (χ0n) is 15.2. The Morgan fingerprint density at radius 2 is 1.96 bits per heavy atom. The number of rotatable bonds is 4. The van der Waals surface area contributed by atoms with Crippen LogP contribution in [0, 0.1) is 19.8 Å². The van der Waals surface area contributed by atoms with Crippen LogP contribution in [0.25, 0.3) is 0 Å².